The van der Waals surface area contributed by atoms with Crippen LogP contribution < -0.4 is 15.0 Å². The van der Waals surface area contributed by atoms with E-state index in [0.29, 0.717) is 35.0 Å². The van der Waals surface area contributed by atoms with E-state index in [1.165, 1.54) is 7.11 Å². The average molecular weight is 563 g/mol. The summed E-state index contributed by atoms with van der Waals surface area (Å²) in [6, 6.07) is 3.89. The SMILES string of the molecule is CCN(C(=O)OC(C)(C)C)C1CCN(c2ccc(C(=O)Nc3cn4cc(C)nc4c(OC)n3)c3nn(C)cc23)CC1. The van der Waals surface area contributed by atoms with Crippen molar-refractivity contribution in [3.05, 3.63) is 42.0 Å². The zero-order valence-corrected chi connectivity index (χ0v) is 24.8. The molecule has 1 aliphatic rings. The Morgan fingerprint density at radius 2 is 1.85 bits per heavy atom. The molecule has 1 fully saturated rings. The predicted molar refractivity (Wildman–Crippen MR) is 157 cm³/mol. The lowest BCUT2D eigenvalue weighted by Crippen LogP contribution is -2.48. The first kappa shape index (κ1) is 28.2. The van der Waals surface area contributed by atoms with E-state index >= 15 is 0 Å². The van der Waals surface area contributed by atoms with E-state index in [1.807, 2.05) is 71.1 Å². The second-order valence-electron chi connectivity index (χ2n) is 11.4. The molecule has 0 unspecified atom stereocenters. The molecule has 1 aromatic carbocycles. The average Bonchev–Trinajstić information content (AvgIpc) is 3.48. The van der Waals surface area contributed by atoms with Gasteiger partial charge in [0.25, 0.3) is 11.8 Å². The molecule has 0 saturated carbocycles. The van der Waals surface area contributed by atoms with Gasteiger partial charge >= 0.3 is 6.09 Å². The number of aryl methyl sites for hydroxylation is 2. The number of amides is 2. The number of imidazole rings is 1. The molecule has 0 aliphatic carbocycles. The number of carbonyl (C=O) groups excluding carboxylic acids is 2. The zero-order chi connectivity index (χ0) is 29.5. The maximum atomic E-state index is 13.5. The van der Waals surface area contributed by atoms with Crippen molar-refractivity contribution < 1.29 is 19.1 Å². The van der Waals surface area contributed by atoms with E-state index in [9.17, 15) is 9.59 Å². The Morgan fingerprint density at radius 3 is 2.51 bits per heavy atom. The van der Waals surface area contributed by atoms with Crippen LogP contribution in [0.3, 0.4) is 0 Å². The van der Waals surface area contributed by atoms with Crippen molar-refractivity contribution in [1.29, 1.82) is 0 Å². The molecule has 0 spiro atoms. The lowest BCUT2D eigenvalue weighted by Gasteiger charge is -2.39. The van der Waals surface area contributed by atoms with Crippen LogP contribution in [0.4, 0.5) is 16.3 Å². The van der Waals surface area contributed by atoms with Gasteiger partial charge in [0.1, 0.15) is 11.1 Å². The third-order valence-corrected chi connectivity index (χ3v) is 7.19. The standard InChI is InChI=1S/C29H38N8O4/c1-8-37(28(39)41-29(3,4)5)19-11-13-35(14-12-19)22-10-9-20(24-21(22)16-34(6)33-24)26(38)31-23-17-36-15-18(2)30-25(36)27(32-23)40-7/h9-10,15-17,19H,8,11-14H2,1-7H3,(H,31,38). The number of rotatable bonds is 6. The molecule has 12 heteroatoms. The summed E-state index contributed by atoms with van der Waals surface area (Å²) in [5.74, 6) is 0.351. The highest BCUT2D eigenvalue weighted by molar-refractivity contribution is 6.13. The molecule has 1 saturated heterocycles. The third-order valence-electron chi connectivity index (χ3n) is 7.19. The fourth-order valence-corrected chi connectivity index (χ4v) is 5.41. The van der Waals surface area contributed by atoms with Gasteiger partial charge in [-0.25, -0.2) is 9.78 Å². The summed E-state index contributed by atoms with van der Waals surface area (Å²) in [4.78, 5) is 39.2. The summed E-state index contributed by atoms with van der Waals surface area (Å²) in [6.07, 6.45) is 6.87. The summed E-state index contributed by atoms with van der Waals surface area (Å²) in [5, 5.41) is 8.42. The highest BCUT2D eigenvalue weighted by atomic mass is 16.6. The third kappa shape index (κ3) is 5.77. The van der Waals surface area contributed by atoms with Gasteiger partial charge in [-0.05, 0) is 59.6 Å². The normalized spacial score (nSPS) is 14.5. The molecule has 3 aromatic heterocycles. The highest BCUT2D eigenvalue weighted by Crippen LogP contribution is 2.32. The molecule has 218 valence electrons. The summed E-state index contributed by atoms with van der Waals surface area (Å²) < 4.78 is 14.5. The Labute approximate surface area is 239 Å². The Balaban J connectivity index is 1.35. The van der Waals surface area contributed by atoms with Gasteiger partial charge < -0.3 is 24.6 Å². The molecule has 5 rings (SSSR count). The van der Waals surface area contributed by atoms with Crippen LogP contribution in [0.25, 0.3) is 16.6 Å². The number of anilines is 2. The molecule has 41 heavy (non-hydrogen) atoms. The van der Waals surface area contributed by atoms with Crippen LogP contribution in [0.2, 0.25) is 0 Å². The van der Waals surface area contributed by atoms with Gasteiger partial charge in [-0.1, -0.05) is 0 Å². The minimum Gasteiger partial charge on any atom is -0.478 e. The summed E-state index contributed by atoms with van der Waals surface area (Å²) >= 11 is 0. The van der Waals surface area contributed by atoms with Crippen LogP contribution in [-0.2, 0) is 11.8 Å². The van der Waals surface area contributed by atoms with E-state index in [0.717, 1.165) is 42.7 Å². The van der Waals surface area contributed by atoms with Gasteiger partial charge in [0.15, 0.2) is 5.82 Å². The van der Waals surface area contributed by atoms with E-state index in [-0.39, 0.29) is 18.0 Å². The number of fused-ring (bicyclic) bond motifs is 2. The van der Waals surface area contributed by atoms with Crippen LogP contribution in [-0.4, -0.2) is 79.4 Å². The first-order valence-electron chi connectivity index (χ1n) is 13.9. The Hall–Kier alpha value is -4.35. The first-order chi connectivity index (χ1) is 19.5. The molecule has 4 heterocycles. The molecular formula is C29H38N8O4. The van der Waals surface area contributed by atoms with Gasteiger partial charge in [-0.3, -0.25) is 13.9 Å². The minimum absolute atomic E-state index is 0.113. The molecule has 0 atom stereocenters. The van der Waals surface area contributed by atoms with Crippen molar-refractivity contribution in [3.63, 3.8) is 0 Å². The van der Waals surface area contributed by atoms with Gasteiger partial charge in [0.05, 0.1) is 24.6 Å². The van der Waals surface area contributed by atoms with Crippen molar-refractivity contribution in [2.24, 2.45) is 7.05 Å². The van der Waals surface area contributed by atoms with Crippen LogP contribution in [0, 0.1) is 6.92 Å². The van der Waals surface area contributed by atoms with Crippen molar-refractivity contribution in [3.8, 4) is 5.88 Å². The number of ether oxygens (including phenoxy) is 2. The maximum absolute atomic E-state index is 13.5. The number of hydrogen-bond donors (Lipinski definition) is 1. The number of aromatic nitrogens is 5. The van der Waals surface area contributed by atoms with Crippen LogP contribution >= 0.6 is 0 Å². The molecule has 1 N–H and O–H groups in total. The molecular weight excluding hydrogens is 524 g/mol. The van der Waals surface area contributed by atoms with Crippen molar-refractivity contribution in [2.45, 2.75) is 59.1 Å². The van der Waals surface area contributed by atoms with E-state index in [4.69, 9.17) is 9.47 Å². The molecule has 4 aromatic rings. The first-order valence-corrected chi connectivity index (χ1v) is 13.9. The monoisotopic (exact) mass is 562 g/mol. The number of nitrogens with one attached hydrogen (secondary N) is 1. The van der Waals surface area contributed by atoms with E-state index in [1.54, 1.807) is 15.3 Å². The van der Waals surface area contributed by atoms with Crippen molar-refractivity contribution in [1.82, 2.24) is 29.0 Å². The topological polar surface area (TPSA) is 119 Å². The zero-order valence-electron chi connectivity index (χ0n) is 24.8. The Morgan fingerprint density at radius 1 is 1.12 bits per heavy atom. The number of carbonyl (C=O) groups is 2. The second kappa shape index (κ2) is 10.9. The fourth-order valence-electron chi connectivity index (χ4n) is 5.41. The highest BCUT2D eigenvalue weighted by Gasteiger charge is 2.31. The van der Waals surface area contributed by atoms with Gasteiger partial charge in [-0.15, -0.1) is 0 Å². The van der Waals surface area contributed by atoms with Crippen LogP contribution in [0.5, 0.6) is 5.88 Å². The van der Waals surface area contributed by atoms with Crippen LogP contribution in [0.15, 0.2) is 30.7 Å². The fraction of sp³-hybridized carbons (Fsp3) is 0.483. The van der Waals surface area contributed by atoms with E-state index < -0.39 is 5.60 Å². The maximum Gasteiger partial charge on any atom is 0.410 e. The quantitative estimate of drug-likeness (QED) is 0.367. The van der Waals surface area contributed by atoms with Gasteiger partial charge in [0.2, 0.25) is 5.65 Å². The summed E-state index contributed by atoms with van der Waals surface area (Å²) in [5.41, 5.74) is 2.94. The lowest BCUT2D eigenvalue weighted by atomic mass is 10.0. The second-order valence-corrected chi connectivity index (χ2v) is 11.4. The predicted octanol–water partition coefficient (Wildman–Crippen LogP) is 4.41. The Bertz CT molecular complexity index is 1590. The smallest absolute Gasteiger partial charge is 0.410 e. The molecule has 2 amide bonds. The van der Waals surface area contributed by atoms with E-state index in [2.05, 4.69) is 25.3 Å². The number of nitrogens with zero attached hydrogens (tertiary/aromatic N) is 7. The molecule has 0 bridgehead atoms. The minimum atomic E-state index is -0.529. The van der Waals surface area contributed by atoms with Gasteiger partial charge in [0, 0.05) is 56.2 Å². The summed E-state index contributed by atoms with van der Waals surface area (Å²) in [7, 11) is 3.37. The number of benzene rings is 1. The largest absolute Gasteiger partial charge is 0.478 e. The molecule has 12 nitrogen and oxygen atoms in total. The number of methoxy groups -OCH3 is 1. The lowest BCUT2D eigenvalue weighted by molar-refractivity contribution is 0.0149. The number of piperidine rings is 1. The van der Waals surface area contributed by atoms with Gasteiger partial charge in [-0.2, -0.15) is 10.1 Å². The Kier molecular flexibility index (Phi) is 7.50. The molecule has 0 radical (unpaired) electrons. The van der Waals surface area contributed by atoms with Crippen LogP contribution in [0.1, 0.15) is 56.6 Å². The van der Waals surface area contributed by atoms with Crippen molar-refractivity contribution in [2.75, 3.05) is 37.0 Å². The molecule has 1 aliphatic heterocycles. The number of hydrogen-bond acceptors (Lipinski definition) is 8. The van der Waals surface area contributed by atoms with Crippen molar-refractivity contribution >= 4 is 40.1 Å². The summed E-state index contributed by atoms with van der Waals surface area (Å²) in [6.45, 7) is 11.7.